The van der Waals surface area contributed by atoms with Gasteiger partial charge in [-0.05, 0) is 59.2 Å². The summed E-state index contributed by atoms with van der Waals surface area (Å²) in [6.07, 6.45) is 21.1. The Kier molecular flexibility index (Phi) is 10.6. The Morgan fingerprint density at radius 3 is 1.90 bits per heavy atom. The zero-order valence-corrected chi connectivity index (χ0v) is 21.1. The van der Waals surface area contributed by atoms with E-state index in [1.807, 2.05) is 0 Å². The highest BCUT2D eigenvalue weighted by atomic mass is 127. The molecule has 0 aliphatic rings. The van der Waals surface area contributed by atoms with E-state index in [1.54, 1.807) is 0 Å². The molecular formula is C28H40IN. The average Bonchev–Trinajstić information content (AvgIpc) is 3.12. The van der Waals surface area contributed by atoms with Gasteiger partial charge in [0.1, 0.15) is 0 Å². The summed E-state index contributed by atoms with van der Waals surface area (Å²) in [5.41, 5.74) is 4.10. The largest absolute Gasteiger partial charge is 0.354 e. The van der Waals surface area contributed by atoms with Gasteiger partial charge in [-0.25, -0.2) is 0 Å². The fourth-order valence-corrected chi connectivity index (χ4v) is 5.16. The molecule has 1 heterocycles. The van der Waals surface area contributed by atoms with E-state index in [0.29, 0.717) is 0 Å². The maximum absolute atomic E-state index is 3.67. The van der Waals surface area contributed by atoms with Crippen LogP contribution in [0.3, 0.4) is 0 Å². The molecule has 0 saturated heterocycles. The second kappa shape index (κ2) is 13.4. The third-order valence-electron chi connectivity index (χ3n) is 6.48. The van der Waals surface area contributed by atoms with Crippen LogP contribution >= 0.6 is 22.6 Å². The van der Waals surface area contributed by atoms with Gasteiger partial charge in [-0.3, -0.25) is 0 Å². The van der Waals surface area contributed by atoms with Crippen LogP contribution in [0.4, 0.5) is 0 Å². The molecule has 0 fully saturated rings. The number of fused-ring (bicyclic) bond motifs is 3. The number of benzene rings is 2. The van der Waals surface area contributed by atoms with E-state index in [9.17, 15) is 0 Å². The lowest BCUT2D eigenvalue weighted by atomic mass is 10.0. The lowest BCUT2D eigenvalue weighted by molar-refractivity contribution is 0.535. The van der Waals surface area contributed by atoms with Gasteiger partial charge < -0.3 is 4.98 Å². The molecule has 0 aliphatic heterocycles. The summed E-state index contributed by atoms with van der Waals surface area (Å²) in [6, 6.07) is 13.5. The summed E-state index contributed by atoms with van der Waals surface area (Å²) in [6.45, 7) is 2.30. The average molecular weight is 518 g/mol. The van der Waals surface area contributed by atoms with Crippen LogP contribution in [-0.4, -0.2) is 4.98 Å². The summed E-state index contributed by atoms with van der Waals surface area (Å²) in [7, 11) is 0. The van der Waals surface area contributed by atoms with E-state index in [-0.39, 0.29) is 0 Å². The van der Waals surface area contributed by atoms with Gasteiger partial charge >= 0.3 is 0 Å². The highest BCUT2D eigenvalue weighted by molar-refractivity contribution is 14.1. The van der Waals surface area contributed by atoms with Crippen molar-refractivity contribution in [2.24, 2.45) is 0 Å². The highest BCUT2D eigenvalue weighted by Gasteiger charge is 2.08. The minimum atomic E-state index is 1.19. The Morgan fingerprint density at radius 2 is 1.27 bits per heavy atom. The number of hydrogen-bond donors (Lipinski definition) is 1. The van der Waals surface area contributed by atoms with Crippen molar-refractivity contribution in [1.29, 1.82) is 0 Å². The number of unbranched alkanes of at least 4 members (excludes halogenated alkanes) is 13. The fraction of sp³-hybridized carbons (Fsp3) is 0.571. The molecule has 1 N–H and O–H groups in total. The molecule has 0 unspecified atom stereocenters. The first-order valence-electron chi connectivity index (χ1n) is 12.5. The molecule has 3 rings (SSSR count). The van der Waals surface area contributed by atoms with Gasteiger partial charge in [0.2, 0.25) is 0 Å². The molecule has 0 bridgehead atoms. The third-order valence-corrected chi connectivity index (χ3v) is 7.15. The van der Waals surface area contributed by atoms with E-state index in [2.05, 4.69) is 70.9 Å². The molecule has 30 heavy (non-hydrogen) atoms. The molecule has 0 saturated carbocycles. The minimum Gasteiger partial charge on any atom is -0.354 e. The Hall–Kier alpha value is -1.03. The van der Waals surface area contributed by atoms with Crippen LogP contribution in [-0.2, 0) is 6.42 Å². The van der Waals surface area contributed by atoms with Crippen molar-refractivity contribution in [2.75, 3.05) is 0 Å². The standard InChI is InChI=1S/C28H40IN/c1-2-3-4-5-6-7-8-9-10-11-12-13-14-15-17-23-18-16-19-25-26-22-24(29)20-21-27(26)30-28(23)25/h16,18-22,30H,2-15,17H2,1H3. The third kappa shape index (κ3) is 7.28. The van der Waals surface area contributed by atoms with Gasteiger partial charge in [0.25, 0.3) is 0 Å². The van der Waals surface area contributed by atoms with E-state index in [1.165, 1.54) is 127 Å². The number of H-pyrrole nitrogens is 1. The van der Waals surface area contributed by atoms with Gasteiger partial charge in [0, 0.05) is 25.4 Å². The maximum atomic E-state index is 3.67. The molecule has 0 atom stereocenters. The normalized spacial score (nSPS) is 11.7. The number of aryl methyl sites for hydroxylation is 1. The Bertz CT molecular complexity index is 879. The number of halogens is 1. The molecule has 0 aliphatic carbocycles. The minimum absolute atomic E-state index is 1.19. The lowest BCUT2D eigenvalue weighted by Gasteiger charge is -2.05. The van der Waals surface area contributed by atoms with Crippen molar-refractivity contribution in [2.45, 2.75) is 103 Å². The summed E-state index contributed by atoms with van der Waals surface area (Å²) >= 11 is 2.41. The number of aromatic nitrogens is 1. The first kappa shape index (κ1) is 23.6. The molecule has 1 aromatic heterocycles. The van der Waals surface area contributed by atoms with Gasteiger partial charge in [0.05, 0.1) is 0 Å². The lowest BCUT2D eigenvalue weighted by Crippen LogP contribution is -1.88. The smallest absolute Gasteiger partial charge is 0.0497 e. The van der Waals surface area contributed by atoms with E-state index < -0.39 is 0 Å². The molecule has 0 amide bonds. The zero-order chi connectivity index (χ0) is 21.0. The van der Waals surface area contributed by atoms with Gasteiger partial charge in [0.15, 0.2) is 0 Å². The van der Waals surface area contributed by atoms with Crippen molar-refractivity contribution in [3.05, 3.63) is 45.5 Å². The molecule has 0 spiro atoms. The quantitative estimate of drug-likeness (QED) is 0.153. The molecule has 0 radical (unpaired) electrons. The number of nitrogens with one attached hydrogen (secondary N) is 1. The first-order valence-corrected chi connectivity index (χ1v) is 13.6. The molecule has 164 valence electrons. The predicted octanol–water partition coefficient (Wildman–Crippen LogP) is 9.95. The number of hydrogen-bond acceptors (Lipinski definition) is 0. The summed E-state index contributed by atoms with van der Waals surface area (Å²) in [5.74, 6) is 0. The Labute approximate surface area is 197 Å². The maximum Gasteiger partial charge on any atom is 0.0497 e. The monoisotopic (exact) mass is 517 g/mol. The second-order valence-corrected chi connectivity index (χ2v) is 10.2. The van der Waals surface area contributed by atoms with Crippen LogP contribution < -0.4 is 0 Å². The van der Waals surface area contributed by atoms with Crippen molar-refractivity contribution in [3.63, 3.8) is 0 Å². The Morgan fingerprint density at radius 1 is 0.667 bits per heavy atom. The predicted molar refractivity (Wildman–Crippen MR) is 143 cm³/mol. The van der Waals surface area contributed by atoms with E-state index in [4.69, 9.17) is 0 Å². The van der Waals surface area contributed by atoms with Crippen LogP contribution in [0.5, 0.6) is 0 Å². The Balaban J connectivity index is 1.28. The fourth-order valence-electron chi connectivity index (χ4n) is 4.67. The van der Waals surface area contributed by atoms with Gasteiger partial charge in [-0.15, -0.1) is 0 Å². The molecule has 3 aromatic rings. The topological polar surface area (TPSA) is 15.8 Å². The highest BCUT2D eigenvalue weighted by Crippen LogP contribution is 2.29. The molecule has 1 nitrogen and oxygen atoms in total. The second-order valence-electron chi connectivity index (χ2n) is 9.00. The molecule has 2 heteroatoms. The zero-order valence-electron chi connectivity index (χ0n) is 18.9. The molecule has 2 aromatic carbocycles. The first-order chi connectivity index (χ1) is 14.8. The van der Waals surface area contributed by atoms with Gasteiger partial charge in [-0.1, -0.05) is 109 Å². The van der Waals surface area contributed by atoms with Crippen LogP contribution in [0.1, 0.15) is 102 Å². The SMILES string of the molecule is CCCCCCCCCCCCCCCCc1cccc2c1[nH]c1ccc(I)cc12. The number of rotatable bonds is 15. The number of aromatic amines is 1. The number of para-hydroxylation sites is 1. The van der Waals surface area contributed by atoms with E-state index in [0.717, 1.165) is 0 Å². The van der Waals surface area contributed by atoms with Crippen LogP contribution in [0.25, 0.3) is 21.8 Å². The summed E-state index contributed by atoms with van der Waals surface area (Å²) < 4.78 is 1.30. The van der Waals surface area contributed by atoms with Crippen LogP contribution in [0, 0.1) is 3.57 Å². The van der Waals surface area contributed by atoms with Crippen molar-refractivity contribution in [1.82, 2.24) is 4.98 Å². The van der Waals surface area contributed by atoms with Crippen molar-refractivity contribution >= 4 is 44.4 Å². The molecular weight excluding hydrogens is 477 g/mol. The van der Waals surface area contributed by atoms with Crippen LogP contribution in [0.15, 0.2) is 36.4 Å². The van der Waals surface area contributed by atoms with Crippen molar-refractivity contribution < 1.29 is 0 Å². The van der Waals surface area contributed by atoms with E-state index >= 15 is 0 Å². The summed E-state index contributed by atoms with van der Waals surface area (Å²) in [5, 5.41) is 2.74. The van der Waals surface area contributed by atoms with Crippen LogP contribution in [0.2, 0.25) is 0 Å². The van der Waals surface area contributed by atoms with Crippen molar-refractivity contribution in [3.8, 4) is 0 Å². The summed E-state index contributed by atoms with van der Waals surface area (Å²) in [4.78, 5) is 3.67. The van der Waals surface area contributed by atoms with Gasteiger partial charge in [-0.2, -0.15) is 0 Å².